The van der Waals surface area contributed by atoms with Gasteiger partial charge in [0.15, 0.2) is 11.5 Å². The summed E-state index contributed by atoms with van der Waals surface area (Å²) in [5, 5.41) is 4.60. The molecule has 0 unspecified atom stereocenters. The first-order chi connectivity index (χ1) is 11.1. The van der Waals surface area contributed by atoms with Gasteiger partial charge in [-0.25, -0.2) is 5.43 Å². The highest BCUT2D eigenvalue weighted by molar-refractivity contribution is 6.42. The molecule has 2 aromatic rings. The lowest BCUT2D eigenvalue weighted by Crippen LogP contribution is -2.17. The summed E-state index contributed by atoms with van der Waals surface area (Å²) in [5.41, 5.74) is 3.44. The second-order valence-electron chi connectivity index (χ2n) is 4.41. The molecule has 120 valence electrons. The Kier molecular flexibility index (Phi) is 5.84. The van der Waals surface area contributed by atoms with Gasteiger partial charge >= 0.3 is 0 Å². The first-order valence-electron chi connectivity index (χ1n) is 6.56. The van der Waals surface area contributed by atoms with E-state index < -0.39 is 5.91 Å². The van der Waals surface area contributed by atoms with Gasteiger partial charge in [0, 0.05) is 11.1 Å². The fourth-order valence-electron chi connectivity index (χ4n) is 1.88. The molecular formula is C16H14Cl2N2O3. The Morgan fingerprint density at radius 1 is 1.13 bits per heavy atom. The van der Waals surface area contributed by atoms with Crippen molar-refractivity contribution in [2.75, 3.05) is 14.2 Å². The number of para-hydroxylation sites is 1. The van der Waals surface area contributed by atoms with Gasteiger partial charge in [-0.1, -0.05) is 29.3 Å². The van der Waals surface area contributed by atoms with Crippen molar-refractivity contribution in [1.82, 2.24) is 5.43 Å². The van der Waals surface area contributed by atoms with Gasteiger partial charge in [0.25, 0.3) is 5.91 Å². The molecule has 1 amide bonds. The smallest absolute Gasteiger partial charge is 0.271 e. The molecule has 2 aromatic carbocycles. The van der Waals surface area contributed by atoms with E-state index in [-0.39, 0.29) is 0 Å². The van der Waals surface area contributed by atoms with E-state index in [1.54, 1.807) is 37.4 Å². The third kappa shape index (κ3) is 4.15. The Morgan fingerprint density at radius 2 is 1.91 bits per heavy atom. The Morgan fingerprint density at radius 3 is 2.57 bits per heavy atom. The summed E-state index contributed by atoms with van der Waals surface area (Å²) in [6, 6.07) is 9.93. The minimum absolute atomic E-state index is 0.303. The molecule has 7 heteroatoms. The highest BCUT2D eigenvalue weighted by Crippen LogP contribution is 2.29. The number of rotatable bonds is 5. The largest absolute Gasteiger partial charge is 0.493 e. The van der Waals surface area contributed by atoms with Gasteiger partial charge < -0.3 is 9.47 Å². The number of hydrogen-bond donors (Lipinski definition) is 1. The van der Waals surface area contributed by atoms with E-state index in [1.165, 1.54) is 19.4 Å². The summed E-state index contributed by atoms with van der Waals surface area (Å²) in [7, 11) is 3.08. The number of carbonyl (C=O) groups excluding carboxylic acids is 1. The van der Waals surface area contributed by atoms with Crippen LogP contribution in [0.5, 0.6) is 11.5 Å². The molecule has 0 aromatic heterocycles. The summed E-state index contributed by atoms with van der Waals surface area (Å²) < 4.78 is 10.5. The molecule has 0 aliphatic heterocycles. The zero-order chi connectivity index (χ0) is 16.8. The lowest BCUT2D eigenvalue weighted by molar-refractivity contribution is 0.0955. The number of amides is 1. The number of nitrogens with zero attached hydrogens (tertiary/aromatic N) is 1. The molecule has 0 aliphatic carbocycles. The highest BCUT2D eigenvalue weighted by atomic mass is 35.5. The maximum Gasteiger partial charge on any atom is 0.271 e. The maximum atomic E-state index is 12.0. The molecule has 23 heavy (non-hydrogen) atoms. The van der Waals surface area contributed by atoms with E-state index in [4.69, 9.17) is 32.7 Å². The van der Waals surface area contributed by atoms with Crippen LogP contribution >= 0.6 is 23.2 Å². The van der Waals surface area contributed by atoms with Crippen molar-refractivity contribution in [3.63, 3.8) is 0 Å². The van der Waals surface area contributed by atoms with Crippen LogP contribution in [0.2, 0.25) is 10.0 Å². The molecule has 5 nitrogen and oxygen atoms in total. The van der Waals surface area contributed by atoms with Crippen molar-refractivity contribution in [3.05, 3.63) is 57.6 Å². The first kappa shape index (κ1) is 17.1. The zero-order valence-electron chi connectivity index (χ0n) is 12.5. The van der Waals surface area contributed by atoms with Crippen LogP contribution in [-0.2, 0) is 0 Å². The third-order valence-corrected chi connectivity index (χ3v) is 3.72. The minimum Gasteiger partial charge on any atom is -0.493 e. The summed E-state index contributed by atoms with van der Waals surface area (Å²) in [5.74, 6) is 0.705. The van der Waals surface area contributed by atoms with Crippen molar-refractivity contribution in [2.24, 2.45) is 5.10 Å². The van der Waals surface area contributed by atoms with Gasteiger partial charge in [-0.3, -0.25) is 4.79 Å². The van der Waals surface area contributed by atoms with Crippen LogP contribution < -0.4 is 14.9 Å². The van der Waals surface area contributed by atoms with Gasteiger partial charge in [-0.05, 0) is 30.3 Å². The lowest BCUT2D eigenvalue weighted by atomic mass is 10.2. The standard InChI is InChI=1S/C16H14Cl2N2O3/c1-22-14-5-3-4-11(15(14)23-2)9-19-20-16(21)10-6-7-12(17)13(18)8-10/h3-9H,1-2H3,(H,20,21)/b19-9+. The normalized spacial score (nSPS) is 10.6. The molecule has 0 aliphatic rings. The molecule has 0 bridgehead atoms. The molecule has 2 rings (SSSR count). The van der Waals surface area contributed by atoms with Crippen LogP contribution in [-0.4, -0.2) is 26.3 Å². The number of halogens is 2. The van der Waals surface area contributed by atoms with Crippen LogP contribution in [0.4, 0.5) is 0 Å². The topological polar surface area (TPSA) is 59.9 Å². The summed E-state index contributed by atoms with van der Waals surface area (Å²) in [6.45, 7) is 0. The van der Waals surface area contributed by atoms with Gasteiger partial charge in [-0.2, -0.15) is 5.10 Å². The fraction of sp³-hybridized carbons (Fsp3) is 0.125. The van der Waals surface area contributed by atoms with Gasteiger partial charge in [0.2, 0.25) is 0 Å². The monoisotopic (exact) mass is 352 g/mol. The van der Waals surface area contributed by atoms with Crippen LogP contribution in [0.25, 0.3) is 0 Å². The number of benzene rings is 2. The van der Waals surface area contributed by atoms with Crippen molar-refractivity contribution in [2.45, 2.75) is 0 Å². The Hall–Kier alpha value is -2.24. The lowest BCUT2D eigenvalue weighted by Gasteiger charge is -2.09. The van der Waals surface area contributed by atoms with Gasteiger partial charge in [0.1, 0.15) is 0 Å². The van der Waals surface area contributed by atoms with Gasteiger partial charge in [0.05, 0.1) is 30.5 Å². The molecule has 0 saturated heterocycles. The molecular weight excluding hydrogens is 339 g/mol. The predicted molar refractivity (Wildman–Crippen MR) is 91.1 cm³/mol. The molecule has 0 radical (unpaired) electrons. The van der Waals surface area contributed by atoms with Crippen molar-refractivity contribution in [1.29, 1.82) is 0 Å². The number of methoxy groups -OCH3 is 2. The Labute approximate surface area is 143 Å². The van der Waals surface area contributed by atoms with E-state index in [1.807, 2.05) is 0 Å². The zero-order valence-corrected chi connectivity index (χ0v) is 14.0. The fourth-order valence-corrected chi connectivity index (χ4v) is 2.17. The molecule has 0 fully saturated rings. The van der Waals surface area contributed by atoms with E-state index >= 15 is 0 Å². The van der Waals surface area contributed by atoms with Crippen molar-refractivity contribution in [3.8, 4) is 11.5 Å². The summed E-state index contributed by atoms with van der Waals surface area (Å²) in [4.78, 5) is 12.0. The Balaban J connectivity index is 2.12. The Bertz CT molecular complexity index is 748. The quantitative estimate of drug-likeness (QED) is 0.658. The average molecular weight is 353 g/mol. The van der Waals surface area contributed by atoms with Gasteiger partial charge in [-0.15, -0.1) is 0 Å². The molecule has 0 atom stereocenters. The number of ether oxygens (including phenoxy) is 2. The second-order valence-corrected chi connectivity index (χ2v) is 5.23. The predicted octanol–water partition coefficient (Wildman–Crippen LogP) is 3.77. The van der Waals surface area contributed by atoms with E-state index in [2.05, 4.69) is 10.5 Å². The molecule has 0 saturated carbocycles. The second kappa shape index (κ2) is 7.85. The van der Waals surface area contributed by atoms with E-state index in [0.717, 1.165) is 0 Å². The summed E-state index contributed by atoms with van der Waals surface area (Å²) >= 11 is 11.7. The molecule has 1 N–H and O–H groups in total. The first-order valence-corrected chi connectivity index (χ1v) is 7.32. The SMILES string of the molecule is COc1cccc(/C=N/NC(=O)c2ccc(Cl)c(Cl)c2)c1OC. The minimum atomic E-state index is -0.401. The van der Waals surface area contributed by atoms with Crippen molar-refractivity contribution >= 4 is 35.3 Å². The van der Waals surface area contributed by atoms with Crippen molar-refractivity contribution < 1.29 is 14.3 Å². The third-order valence-electron chi connectivity index (χ3n) is 2.98. The number of hydrazone groups is 1. The average Bonchev–Trinajstić information content (AvgIpc) is 2.56. The molecule has 0 heterocycles. The van der Waals surface area contributed by atoms with Crippen LogP contribution in [0.3, 0.4) is 0 Å². The number of hydrogen-bond acceptors (Lipinski definition) is 4. The highest BCUT2D eigenvalue weighted by Gasteiger charge is 2.09. The van der Waals surface area contributed by atoms with Crippen LogP contribution in [0.15, 0.2) is 41.5 Å². The van der Waals surface area contributed by atoms with E-state index in [0.29, 0.717) is 32.7 Å². The maximum absolute atomic E-state index is 12.0. The van der Waals surface area contributed by atoms with E-state index in [9.17, 15) is 4.79 Å². The van der Waals surface area contributed by atoms with Crippen LogP contribution in [0.1, 0.15) is 15.9 Å². The summed E-state index contributed by atoms with van der Waals surface area (Å²) in [6.07, 6.45) is 1.47. The molecule has 0 spiro atoms. The number of carbonyl (C=O) groups is 1. The number of nitrogens with one attached hydrogen (secondary N) is 1. The van der Waals surface area contributed by atoms with Crippen LogP contribution in [0, 0.1) is 0 Å².